The van der Waals surface area contributed by atoms with E-state index in [-0.39, 0.29) is 12.5 Å². The van der Waals surface area contributed by atoms with E-state index < -0.39 is 5.97 Å². The third-order valence-corrected chi connectivity index (χ3v) is 2.54. The van der Waals surface area contributed by atoms with E-state index in [1.165, 1.54) is 24.2 Å². The SMILES string of the molecule is COc1ccccc1C(=O)Nc1cnn(CC(=O)O)c1. The number of anilines is 1. The lowest BCUT2D eigenvalue weighted by atomic mass is 10.2. The number of nitrogens with zero attached hydrogens (tertiary/aromatic N) is 2. The third kappa shape index (κ3) is 3.14. The molecule has 7 heteroatoms. The van der Waals surface area contributed by atoms with Crippen molar-refractivity contribution in [2.24, 2.45) is 0 Å². The molecule has 0 aliphatic carbocycles. The Labute approximate surface area is 114 Å². The van der Waals surface area contributed by atoms with E-state index in [2.05, 4.69) is 10.4 Å². The number of methoxy groups -OCH3 is 1. The van der Waals surface area contributed by atoms with Gasteiger partial charge in [0.25, 0.3) is 5.91 Å². The molecule has 2 rings (SSSR count). The van der Waals surface area contributed by atoms with Gasteiger partial charge < -0.3 is 15.2 Å². The number of benzene rings is 1. The molecule has 1 aromatic heterocycles. The first kappa shape index (κ1) is 13.6. The van der Waals surface area contributed by atoms with Gasteiger partial charge in [0, 0.05) is 6.20 Å². The Morgan fingerprint density at radius 2 is 2.15 bits per heavy atom. The van der Waals surface area contributed by atoms with E-state index in [0.717, 1.165) is 0 Å². The number of carboxylic acid groups (broad SMARTS) is 1. The van der Waals surface area contributed by atoms with Crippen molar-refractivity contribution in [3.05, 3.63) is 42.2 Å². The number of hydrogen-bond donors (Lipinski definition) is 2. The van der Waals surface area contributed by atoms with Crippen LogP contribution in [0.4, 0.5) is 5.69 Å². The summed E-state index contributed by atoms with van der Waals surface area (Å²) in [6, 6.07) is 6.81. The quantitative estimate of drug-likeness (QED) is 0.856. The minimum atomic E-state index is -1.00. The van der Waals surface area contributed by atoms with Gasteiger partial charge in [-0.25, -0.2) is 0 Å². The third-order valence-electron chi connectivity index (χ3n) is 2.54. The van der Waals surface area contributed by atoms with E-state index in [1.807, 2.05) is 0 Å². The summed E-state index contributed by atoms with van der Waals surface area (Å²) < 4.78 is 6.33. The summed E-state index contributed by atoms with van der Waals surface area (Å²) in [6.45, 7) is -0.259. The van der Waals surface area contributed by atoms with Gasteiger partial charge in [-0.1, -0.05) is 12.1 Å². The van der Waals surface area contributed by atoms with Crippen LogP contribution in [-0.4, -0.2) is 33.9 Å². The summed E-state index contributed by atoms with van der Waals surface area (Å²) in [5, 5.41) is 15.1. The summed E-state index contributed by atoms with van der Waals surface area (Å²) in [7, 11) is 1.48. The van der Waals surface area contributed by atoms with Crippen molar-refractivity contribution in [1.29, 1.82) is 0 Å². The number of rotatable bonds is 5. The van der Waals surface area contributed by atoms with Crippen LogP contribution in [0.5, 0.6) is 5.75 Å². The Morgan fingerprint density at radius 1 is 1.40 bits per heavy atom. The van der Waals surface area contributed by atoms with E-state index in [0.29, 0.717) is 17.0 Å². The maximum atomic E-state index is 12.1. The Bertz CT molecular complexity index is 636. The highest BCUT2D eigenvalue weighted by Crippen LogP contribution is 2.18. The maximum absolute atomic E-state index is 12.1. The second-order valence-corrected chi connectivity index (χ2v) is 3.97. The number of nitrogens with one attached hydrogen (secondary N) is 1. The highest BCUT2D eigenvalue weighted by Gasteiger charge is 2.12. The van der Waals surface area contributed by atoms with Gasteiger partial charge in [0.1, 0.15) is 12.3 Å². The average Bonchev–Trinajstić information content (AvgIpc) is 2.85. The van der Waals surface area contributed by atoms with E-state index in [9.17, 15) is 9.59 Å². The molecule has 1 amide bonds. The maximum Gasteiger partial charge on any atom is 0.325 e. The predicted molar refractivity (Wildman–Crippen MR) is 70.8 cm³/mol. The summed E-state index contributed by atoms with van der Waals surface area (Å²) >= 11 is 0. The van der Waals surface area contributed by atoms with E-state index in [4.69, 9.17) is 9.84 Å². The van der Waals surface area contributed by atoms with E-state index >= 15 is 0 Å². The lowest BCUT2D eigenvalue weighted by Gasteiger charge is -2.07. The fourth-order valence-corrected chi connectivity index (χ4v) is 1.68. The zero-order chi connectivity index (χ0) is 14.5. The molecule has 2 aromatic rings. The van der Waals surface area contributed by atoms with Crippen LogP contribution in [0.15, 0.2) is 36.7 Å². The number of hydrogen-bond acceptors (Lipinski definition) is 4. The van der Waals surface area contributed by atoms with Crippen molar-refractivity contribution >= 4 is 17.6 Å². The molecule has 1 heterocycles. The zero-order valence-electron chi connectivity index (χ0n) is 10.7. The number of carbonyl (C=O) groups is 2. The van der Waals surface area contributed by atoms with Gasteiger partial charge in [0.2, 0.25) is 0 Å². The van der Waals surface area contributed by atoms with Crippen molar-refractivity contribution in [3.8, 4) is 5.75 Å². The predicted octanol–water partition coefficient (Wildman–Crippen LogP) is 1.23. The van der Waals surface area contributed by atoms with Gasteiger partial charge in [-0.15, -0.1) is 0 Å². The molecule has 104 valence electrons. The number of aliphatic carboxylic acids is 1. The van der Waals surface area contributed by atoms with Gasteiger partial charge in [-0.3, -0.25) is 14.3 Å². The molecule has 0 spiro atoms. The average molecular weight is 275 g/mol. The summed E-state index contributed by atoms with van der Waals surface area (Å²) in [5.41, 5.74) is 0.808. The minimum Gasteiger partial charge on any atom is -0.496 e. The summed E-state index contributed by atoms with van der Waals surface area (Å²) in [5.74, 6) is -0.893. The Balaban J connectivity index is 2.11. The number of amides is 1. The van der Waals surface area contributed by atoms with Crippen LogP contribution in [0.2, 0.25) is 0 Å². The van der Waals surface area contributed by atoms with Gasteiger partial charge >= 0.3 is 5.97 Å². The van der Waals surface area contributed by atoms with Crippen LogP contribution in [0, 0.1) is 0 Å². The van der Waals surface area contributed by atoms with E-state index in [1.54, 1.807) is 24.3 Å². The van der Waals surface area contributed by atoms with Crippen LogP contribution in [0.1, 0.15) is 10.4 Å². The Hall–Kier alpha value is -2.83. The molecule has 0 saturated heterocycles. The lowest BCUT2D eigenvalue weighted by Crippen LogP contribution is -2.13. The fraction of sp³-hybridized carbons (Fsp3) is 0.154. The highest BCUT2D eigenvalue weighted by atomic mass is 16.5. The van der Waals surface area contributed by atoms with Crippen molar-refractivity contribution in [2.75, 3.05) is 12.4 Å². The van der Waals surface area contributed by atoms with Crippen LogP contribution in [0.3, 0.4) is 0 Å². The van der Waals surface area contributed by atoms with Crippen LogP contribution in [0.25, 0.3) is 0 Å². The standard InChI is InChI=1S/C13H13N3O4/c1-20-11-5-3-2-4-10(11)13(19)15-9-6-14-16(7-9)8-12(17)18/h2-7H,8H2,1H3,(H,15,19)(H,17,18). The lowest BCUT2D eigenvalue weighted by molar-refractivity contribution is -0.137. The number of carboxylic acids is 1. The molecule has 0 fully saturated rings. The first-order chi connectivity index (χ1) is 9.60. The molecule has 0 aliphatic heterocycles. The molecule has 0 aliphatic rings. The molecule has 0 unspecified atom stereocenters. The minimum absolute atomic E-state index is 0.259. The van der Waals surface area contributed by atoms with Crippen LogP contribution in [-0.2, 0) is 11.3 Å². The largest absolute Gasteiger partial charge is 0.496 e. The monoisotopic (exact) mass is 275 g/mol. The molecule has 7 nitrogen and oxygen atoms in total. The highest BCUT2D eigenvalue weighted by molar-refractivity contribution is 6.06. The molecule has 20 heavy (non-hydrogen) atoms. The molecule has 0 bridgehead atoms. The smallest absolute Gasteiger partial charge is 0.325 e. The molecule has 2 N–H and O–H groups in total. The molecular formula is C13H13N3O4. The van der Waals surface area contributed by atoms with Crippen LogP contribution < -0.4 is 10.1 Å². The second-order valence-electron chi connectivity index (χ2n) is 3.97. The van der Waals surface area contributed by atoms with Gasteiger partial charge in [-0.05, 0) is 12.1 Å². The van der Waals surface area contributed by atoms with Gasteiger partial charge in [0.05, 0.1) is 24.6 Å². The second kappa shape index (κ2) is 5.87. The Morgan fingerprint density at radius 3 is 2.85 bits per heavy atom. The van der Waals surface area contributed by atoms with Gasteiger partial charge in [0.15, 0.2) is 0 Å². The molecule has 1 aromatic carbocycles. The first-order valence-corrected chi connectivity index (χ1v) is 5.79. The molecule has 0 radical (unpaired) electrons. The van der Waals surface area contributed by atoms with Crippen molar-refractivity contribution in [1.82, 2.24) is 9.78 Å². The topological polar surface area (TPSA) is 93.5 Å². The normalized spacial score (nSPS) is 10.1. The van der Waals surface area contributed by atoms with Crippen molar-refractivity contribution in [2.45, 2.75) is 6.54 Å². The van der Waals surface area contributed by atoms with Gasteiger partial charge in [-0.2, -0.15) is 5.10 Å². The first-order valence-electron chi connectivity index (χ1n) is 5.79. The summed E-state index contributed by atoms with van der Waals surface area (Å²) in [4.78, 5) is 22.6. The van der Waals surface area contributed by atoms with Crippen molar-refractivity contribution < 1.29 is 19.4 Å². The fourth-order valence-electron chi connectivity index (χ4n) is 1.68. The zero-order valence-corrected chi connectivity index (χ0v) is 10.7. The Kier molecular flexibility index (Phi) is 3.99. The molecular weight excluding hydrogens is 262 g/mol. The molecule has 0 atom stereocenters. The van der Waals surface area contributed by atoms with Crippen molar-refractivity contribution in [3.63, 3.8) is 0 Å². The number of ether oxygens (including phenoxy) is 1. The molecule has 0 saturated carbocycles. The number of aromatic nitrogens is 2. The van der Waals surface area contributed by atoms with Crippen LogP contribution >= 0.6 is 0 Å². The summed E-state index contributed by atoms with van der Waals surface area (Å²) in [6.07, 6.45) is 2.83. The number of carbonyl (C=O) groups excluding carboxylic acids is 1. The number of para-hydroxylation sites is 1.